The summed E-state index contributed by atoms with van der Waals surface area (Å²) in [6.45, 7) is 3.22. The highest BCUT2D eigenvalue weighted by atomic mass is 16.6. The second kappa shape index (κ2) is 6.73. The molecule has 2 aromatic rings. The van der Waals surface area contributed by atoms with E-state index in [1.54, 1.807) is 14.0 Å². The van der Waals surface area contributed by atoms with Crippen molar-refractivity contribution < 1.29 is 19.0 Å². The zero-order valence-electron chi connectivity index (χ0n) is 20.0. The number of ketones is 1. The van der Waals surface area contributed by atoms with E-state index in [1.165, 1.54) is 11.1 Å². The average Bonchev–Trinajstić information content (AvgIpc) is 3.23. The van der Waals surface area contributed by atoms with Gasteiger partial charge in [-0.05, 0) is 57.0 Å². The molecular formula is C29H31NO4. The number of hydrogen-bond acceptors (Lipinski definition) is 5. The SMILES string of the molecule is COC12C=CC3(C[C@@H]1C(C)=O)C1Cc4ccc(OCc5ccccc5)c5c4[C@@]3(CCN1C)[C@@H]2O5. The number of Topliss-reactive ketones (excluding diaryl/α,β-unsaturated/α-hetero) is 1. The maximum absolute atomic E-state index is 13.0. The van der Waals surface area contributed by atoms with Crippen LogP contribution in [0.4, 0.5) is 0 Å². The quantitative estimate of drug-likeness (QED) is 0.634. The molecule has 4 aliphatic carbocycles. The van der Waals surface area contributed by atoms with Crippen LogP contribution in [0.1, 0.15) is 36.5 Å². The van der Waals surface area contributed by atoms with Crippen molar-refractivity contribution in [1.29, 1.82) is 0 Å². The minimum Gasteiger partial charge on any atom is -0.485 e. The number of benzene rings is 2. The lowest BCUT2D eigenvalue weighted by atomic mass is 9.37. The lowest BCUT2D eigenvalue weighted by molar-refractivity contribution is -0.212. The summed E-state index contributed by atoms with van der Waals surface area (Å²) in [4.78, 5) is 15.5. The molecule has 0 aromatic heterocycles. The standard InChI is InChI=1S/C29H31NO4/c1-18(31)21-16-27-11-12-29(21,32-3)26-28(27)13-14-30(2)23(27)15-20-9-10-22(25(34-26)24(20)28)33-17-19-7-5-4-6-8-19/h4-12,21,23,26H,13-17H2,1-3H3/t21-,23?,26+,27?,28+,29?/m1/s1. The van der Waals surface area contributed by atoms with Crippen molar-refractivity contribution in [3.8, 4) is 11.5 Å². The highest BCUT2D eigenvalue weighted by Crippen LogP contribution is 2.74. The van der Waals surface area contributed by atoms with Gasteiger partial charge in [0.15, 0.2) is 11.5 Å². The monoisotopic (exact) mass is 457 g/mol. The van der Waals surface area contributed by atoms with Crippen molar-refractivity contribution >= 4 is 5.78 Å². The molecule has 1 saturated carbocycles. The molecule has 5 heteroatoms. The molecule has 2 fully saturated rings. The Hall–Kier alpha value is -2.63. The van der Waals surface area contributed by atoms with E-state index < -0.39 is 5.60 Å². The largest absolute Gasteiger partial charge is 0.485 e. The van der Waals surface area contributed by atoms with Crippen LogP contribution in [0.5, 0.6) is 11.5 Å². The molecule has 0 N–H and O–H groups in total. The molecule has 8 rings (SSSR count). The van der Waals surface area contributed by atoms with Crippen molar-refractivity contribution in [1.82, 2.24) is 4.90 Å². The smallest absolute Gasteiger partial charge is 0.166 e. The molecule has 4 bridgehead atoms. The minimum absolute atomic E-state index is 0.141. The van der Waals surface area contributed by atoms with Crippen molar-refractivity contribution in [2.75, 3.05) is 20.7 Å². The molecule has 1 saturated heterocycles. The van der Waals surface area contributed by atoms with Crippen LogP contribution >= 0.6 is 0 Å². The number of piperidine rings is 1. The summed E-state index contributed by atoms with van der Waals surface area (Å²) < 4.78 is 19.6. The summed E-state index contributed by atoms with van der Waals surface area (Å²) in [6, 6.07) is 14.9. The van der Waals surface area contributed by atoms with Crippen LogP contribution in [0.25, 0.3) is 0 Å². The molecule has 6 atom stereocenters. The Balaban J connectivity index is 1.42. The van der Waals surface area contributed by atoms with Crippen molar-refractivity contribution in [2.45, 2.75) is 56.0 Å². The Morgan fingerprint density at radius 1 is 1.18 bits per heavy atom. The van der Waals surface area contributed by atoms with Gasteiger partial charge in [0.2, 0.25) is 0 Å². The van der Waals surface area contributed by atoms with Gasteiger partial charge in [-0.25, -0.2) is 0 Å². The average molecular weight is 458 g/mol. The van der Waals surface area contributed by atoms with Crippen molar-refractivity contribution in [3.05, 3.63) is 71.3 Å². The molecule has 6 aliphatic rings. The van der Waals surface area contributed by atoms with Crippen LogP contribution in [0.2, 0.25) is 0 Å². The number of nitrogens with zero attached hydrogens (tertiary/aromatic N) is 1. The van der Waals surface area contributed by atoms with Crippen LogP contribution in [0, 0.1) is 11.3 Å². The van der Waals surface area contributed by atoms with Crippen LogP contribution in [0.15, 0.2) is 54.6 Å². The summed E-state index contributed by atoms with van der Waals surface area (Å²) in [7, 11) is 3.98. The van der Waals surface area contributed by atoms with E-state index in [0.717, 1.165) is 42.9 Å². The molecule has 5 nitrogen and oxygen atoms in total. The molecule has 176 valence electrons. The van der Waals surface area contributed by atoms with Gasteiger partial charge in [0.25, 0.3) is 0 Å². The van der Waals surface area contributed by atoms with Gasteiger partial charge < -0.3 is 19.1 Å². The first-order valence-electron chi connectivity index (χ1n) is 12.4. The van der Waals surface area contributed by atoms with Gasteiger partial charge in [-0.3, -0.25) is 4.79 Å². The fourth-order valence-corrected chi connectivity index (χ4v) is 8.35. The Bertz CT molecular complexity index is 1220. The lowest BCUT2D eigenvalue weighted by Crippen LogP contribution is -2.79. The second-order valence-corrected chi connectivity index (χ2v) is 10.9. The summed E-state index contributed by atoms with van der Waals surface area (Å²) in [6.07, 6.45) is 7.13. The normalized spacial score (nSPS) is 38.4. The predicted molar refractivity (Wildman–Crippen MR) is 128 cm³/mol. The molecular weight excluding hydrogens is 426 g/mol. The Morgan fingerprint density at radius 2 is 2.00 bits per heavy atom. The third kappa shape index (κ3) is 2.21. The molecule has 2 heterocycles. The van der Waals surface area contributed by atoms with Crippen molar-refractivity contribution in [2.24, 2.45) is 11.3 Å². The van der Waals surface area contributed by atoms with Gasteiger partial charge in [-0.1, -0.05) is 48.6 Å². The summed E-state index contributed by atoms with van der Waals surface area (Å²) in [5.74, 6) is 1.65. The molecule has 0 radical (unpaired) electrons. The van der Waals surface area contributed by atoms with Gasteiger partial charge in [0.1, 0.15) is 24.1 Å². The number of likely N-dealkylation sites (tertiary alicyclic amines) is 1. The summed E-state index contributed by atoms with van der Waals surface area (Å²) >= 11 is 0. The Labute approximate surface area is 200 Å². The number of ether oxygens (including phenoxy) is 3. The zero-order chi connectivity index (χ0) is 23.3. The van der Waals surface area contributed by atoms with Crippen molar-refractivity contribution in [3.63, 3.8) is 0 Å². The second-order valence-electron chi connectivity index (χ2n) is 10.9. The van der Waals surface area contributed by atoms with E-state index >= 15 is 0 Å². The van der Waals surface area contributed by atoms with E-state index in [0.29, 0.717) is 12.6 Å². The fraction of sp³-hybridized carbons (Fsp3) is 0.483. The number of carbonyl (C=O) groups is 1. The van der Waals surface area contributed by atoms with E-state index in [1.807, 2.05) is 18.2 Å². The number of methoxy groups -OCH3 is 1. The third-order valence-corrected chi connectivity index (χ3v) is 9.79. The maximum Gasteiger partial charge on any atom is 0.166 e. The van der Waals surface area contributed by atoms with Gasteiger partial charge in [-0.15, -0.1) is 0 Å². The Morgan fingerprint density at radius 3 is 2.76 bits per heavy atom. The number of fused-ring (bicyclic) bond motifs is 1. The topological polar surface area (TPSA) is 48.0 Å². The number of rotatable bonds is 5. The first-order valence-corrected chi connectivity index (χ1v) is 12.4. The minimum atomic E-state index is -0.752. The molecule has 0 amide bonds. The number of hydrogen-bond donors (Lipinski definition) is 0. The lowest BCUT2D eigenvalue weighted by Gasteiger charge is -2.70. The predicted octanol–water partition coefficient (Wildman–Crippen LogP) is 4.07. The van der Waals surface area contributed by atoms with Crippen LogP contribution < -0.4 is 9.47 Å². The Kier molecular flexibility index (Phi) is 4.10. The zero-order valence-corrected chi connectivity index (χ0v) is 20.0. The van der Waals surface area contributed by atoms with E-state index in [9.17, 15) is 4.79 Å². The highest BCUT2D eigenvalue weighted by molar-refractivity contribution is 5.82. The van der Waals surface area contributed by atoms with E-state index in [4.69, 9.17) is 14.2 Å². The van der Waals surface area contributed by atoms with Gasteiger partial charge in [0.05, 0.1) is 11.3 Å². The fourth-order valence-electron chi connectivity index (χ4n) is 8.35. The van der Waals surface area contributed by atoms with Gasteiger partial charge >= 0.3 is 0 Å². The maximum atomic E-state index is 13.0. The number of carbonyl (C=O) groups excluding carboxylic acids is 1. The van der Waals surface area contributed by atoms with E-state index in [-0.39, 0.29) is 28.6 Å². The van der Waals surface area contributed by atoms with Crippen LogP contribution in [-0.2, 0) is 28.0 Å². The highest BCUT2D eigenvalue weighted by Gasteiger charge is 2.79. The van der Waals surface area contributed by atoms with Gasteiger partial charge in [0, 0.05) is 24.1 Å². The van der Waals surface area contributed by atoms with Crippen LogP contribution in [-0.4, -0.2) is 49.1 Å². The number of likely N-dealkylation sites (N-methyl/N-ethyl adjacent to an activating group) is 1. The molecule has 2 spiro atoms. The van der Waals surface area contributed by atoms with Crippen LogP contribution in [0.3, 0.4) is 0 Å². The summed E-state index contributed by atoms with van der Waals surface area (Å²) in [5.41, 5.74) is 2.72. The molecule has 2 aromatic carbocycles. The first kappa shape index (κ1) is 20.7. The molecule has 3 unspecified atom stereocenters. The third-order valence-electron chi connectivity index (χ3n) is 9.79. The van der Waals surface area contributed by atoms with Gasteiger partial charge in [-0.2, -0.15) is 0 Å². The molecule has 34 heavy (non-hydrogen) atoms. The summed E-state index contributed by atoms with van der Waals surface area (Å²) in [5, 5.41) is 0. The van der Waals surface area contributed by atoms with E-state index in [2.05, 4.69) is 48.4 Å². The molecule has 2 aliphatic heterocycles. The first-order chi connectivity index (χ1) is 16.5.